The summed E-state index contributed by atoms with van der Waals surface area (Å²) in [5.74, 6) is -0.491. The quantitative estimate of drug-likeness (QED) is 0.698. The summed E-state index contributed by atoms with van der Waals surface area (Å²) in [6.07, 6.45) is 0.171. The first-order valence-electron chi connectivity index (χ1n) is 5.19. The molecule has 0 aliphatic carbocycles. The first-order chi connectivity index (χ1) is 7.52. The molecular weight excluding hydrogens is 208 g/mol. The summed E-state index contributed by atoms with van der Waals surface area (Å²) in [7, 11) is 0. The van der Waals surface area contributed by atoms with Crippen LogP contribution in [0.3, 0.4) is 0 Å². The molecule has 1 aromatic heterocycles. The van der Waals surface area contributed by atoms with Gasteiger partial charge in [0.25, 0.3) is 0 Å². The normalized spacial score (nSPS) is 12.2. The fourth-order valence-corrected chi connectivity index (χ4v) is 1.24. The van der Waals surface area contributed by atoms with Gasteiger partial charge in [-0.3, -0.25) is 0 Å². The highest BCUT2D eigenvalue weighted by atomic mass is 16.4. The average molecular weight is 224 g/mol. The Morgan fingerprint density at radius 2 is 2.25 bits per heavy atom. The molecule has 1 aromatic rings. The Hall–Kier alpha value is -1.62. The zero-order valence-electron chi connectivity index (χ0n) is 9.40. The monoisotopic (exact) mass is 224 g/mol. The highest BCUT2D eigenvalue weighted by Gasteiger charge is 2.07. The summed E-state index contributed by atoms with van der Waals surface area (Å²) < 4.78 is 0. The zero-order valence-corrected chi connectivity index (χ0v) is 9.40. The number of nitrogens with one attached hydrogen (secondary N) is 1. The predicted octanol–water partition coefficient (Wildman–Crippen LogP) is 1.13. The molecule has 0 spiro atoms. The number of nitrogens with zero attached hydrogens (tertiary/aromatic N) is 1. The lowest BCUT2D eigenvalue weighted by Gasteiger charge is -2.09. The maximum absolute atomic E-state index is 10.9. The standard InChI is InChI=1S/C11H16N2O3/c1-3-9-4-8(11(15)16)5-10(13-9)12-6-7(2)14/h4-5,7,14H,3,6H2,1-2H3,(H,12,13)(H,15,16). The second-order valence-corrected chi connectivity index (χ2v) is 3.62. The van der Waals surface area contributed by atoms with Crippen molar-refractivity contribution >= 4 is 11.8 Å². The van der Waals surface area contributed by atoms with Crippen LogP contribution in [-0.4, -0.2) is 33.8 Å². The smallest absolute Gasteiger partial charge is 0.335 e. The third-order valence-corrected chi connectivity index (χ3v) is 2.07. The fourth-order valence-electron chi connectivity index (χ4n) is 1.24. The summed E-state index contributed by atoms with van der Waals surface area (Å²) in [5.41, 5.74) is 0.924. The summed E-state index contributed by atoms with van der Waals surface area (Å²) in [5, 5.41) is 20.9. The summed E-state index contributed by atoms with van der Waals surface area (Å²) >= 11 is 0. The van der Waals surface area contributed by atoms with E-state index in [0.717, 1.165) is 0 Å². The van der Waals surface area contributed by atoms with Crippen molar-refractivity contribution in [2.24, 2.45) is 0 Å². The van der Waals surface area contributed by atoms with E-state index in [-0.39, 0.29) is 5.56 Å². The van der Waals surface area contributed by atoms with Gasteiger partial charge in [-0.25, -0.2) is 9.78 Å². The summed E-state index contributed by atoms with van der Waals surface area (Å²) in [6, 6.07) is 3.01. The molecule has 3 N–H and O–H groups in total. The van der Waals surface area contributed by atoms with E-state index in [1.165, 1.54) is 6.07 Å². The van der Waals surface area contributed by atoms with Crippen LogP contribution in [0.15, 0.2) is 12.1 Å². The molecule has 1 heterocycles. The lowest BCUT2D eigenvalue weighted by molar-refractivity contribution is 0.0696. The Morgan fingerprint density at radius 3 is 2.75 bits per heavy atom. The molecule has 1 rings (SSSR count). The van der Waals surface area contributed by atoms with Crippen LogP contribution >= 0.6 is 0 Å². The highest BCUT2D eigenvalue weighted by molar-refractivity contribution is 5.88. The maximum Gasteiger partial charge on any atom is 0.335 e. The van der Waals surface area contributed by atoms with Crippen LogP contribution in [0.25, 0.3) is 0 Å². The number of aromatic nitrogens is 1. The lowest BCUT2D eigenvalue weighted by atomic mass is 10.2. The number of carboxylic acid groups (broad SMARTS) is 1. The first kappa shape index (κ1) is 12.4. The molecule has 0 fully saturated rings. The maximum atomic E-state index is 10.9. The van der Waals surface area contributed by atoms with Crippen molar-refractivity contribution in [1.29, 1.82) is 0 Å². The Balaban J connectivity index is 2.90. The molecule has 0 saturated carbocycles. The number of rotatable bonds is 5. The number of hydrogen-bond acceptors (Lipinski definition) is 4. The first-order valence-corrected chi connectivity index (χ1v) is 5.19. The fraction of sp³-hybridized carbons (Fsp3) is 0.455. The molecule has 0 bridgehead atoms. The van der Waals surface area contributed by atoms with Crippen LogP contribution in [-0.2, 0) is 6.42 Å². The van der Waals surface area contributed by atoms with Crippen LogP contribution in [0.2, 0.25) is 0 Å². The number of aryl methyl sites for hydroxylation is 1. The average Bonchev–Trinajstić information content (AvgIpc) is 2.25. The summed E-state index contributed by atoms with van der Waals surface area (Å²) in [4.78, 5) is 15.1. The topological polar surface area (TPSA) is 82.5 Å². The third-order valence-electron chi connectivity index (χ3n) is 2.07. The van der Waals surface area contributed by atoms with Crippen molar-refractivity contribution in [2.45, 2.75) is 26.4 Å². The second kappa shape index (κ2) is 5.46. The lowest BCUT2D eigenvalue weighted by Crippen LogP contribution is -2.16. The number of hydrogen-bond donors (Lipinski definition) is 3. The molecule has 16 heavy (non-hydrogen) atoms. The van der Waals surface area contributed by atoms with Gasteiger partial charge < -0.3 is 15.5 Å². The van der Waals surface area contributed by atoms with Crippen LogP contribution in [0.5, 0.6) is 0 Å². The molecule has 1 atom stereocenters. The van der Waals surface area contributed by atoms with Gasteiger partial charge in [-0.05, 0) is 25.5 Å². The van der Waals surface area contributed by atoms with E-state index in [2.05, 4.69) is 10.3 Å². The number of aliphatic hydroxyl groups excluding tert-OH is 1. The van der Waals surface area contributed by atoms with E-state index >= 15 is 0 Å². The van der Waals surface area contributed by atoms with Gasteiger partial charge >= 0.3 is 5.97 Å². The van der Waals surface area contributed by atoms with Gasteiger partial charge in [-0.1, -0.05) is 6.92 Å². The predicted molar refractivity (Wildman–Crippen MR) is 60.7 cm³/mol. The Bertz CT molecular complexity index is 377. The number of aliphatic hydroxyl groups is 1. The van der Waals surface area contributed by atoms with Crippen LogP contribution in [0.4, 0.5) is 5.82 Å². The van der Waals surface area contributed by atoms with E-state index in [1.54, 1.807) is 13.0 Å². The molecule has 5 nitrogen and oxygen atoms in total. The van der Waals surface area contributed by atoms with E-state index in [4.69, 9.17) is 10.2 Å². The Kier molecular flexibility index (Phi) is 4.25. The SMILES string of the molecule is CCc1cc(C(=O)O)cc(NCC(C)O)n1. The number of carbonyl (C=O) groups is 1. The van der Waals surface area contributed by atoms with Gasteiger partial charge in [-0.2, -0.15) is 0 Å². The number of pyridine rings is 1. The summed E-state index contributed by atoms with van der Waals surface area (Å²) in [6.45, 7) is 3.90. The minimum Gasteiger partial charge on any atom is -0.478 e. The third kappa shape index (κ3) is 3.51. The largest absolute Gasteiger partial charge is 0.478 e. The van der Waals surface area contributed by atoms with Gasteiger partial charge in [0, 0.05) is 12.2 Å². The molecule has 0 amide bonds. The van der Waals surface area contributed by atoms with Crippen LogP contribution < -0.4 is 5.32 Å². The number of carboxylic acids is 1. The second-order valence-electron chi connectivity index (χ2n) is 3.62. The van der Waals surface area contributed by atoms with Gasteiger partial charge in [-0.15, -0.1) is 0 Å². The van der Waals surface area contributed by atoms with E-state index in [9.17, 15) is 4.79 Å². The number of aromatic carboxylic acids is 1. The molecule has 0 saturated heterocycles. The van der Waals surface area contributed by atoms with Gasteiger partial charge in [0.2, 0.25) is 0 Å². The van der Waals surface area contributed by atoms with Crippen molar-refractivity contribution in [3.8, 4) is 0 Å². The van der Waals surface area contributed by atoms with Crippen molar-refractivity contribution in [1.82, 2.24) is 4.98 Å². The van der Waals surface area contributed by atoms with Crippen molar-refractivity contribution < 1.29 is 15.0 Å². The van der Waals surface area contributed by atoms with Crippen LogP contribution in [0, 0.1) is 0 Å². The molecule has 0 aliphatic heterocycles. The molecule has 1 unspecified atom stereocenters. The molecule has 0 aromatic carbocycles. The zero-order chi connectivity index (χ0) is 12.1. The van der Waals surface area contributed by atoms with Crippen LogP contribution in [0.1, 0.15) is 29.9 Å². The molecule has 88 valence electrons. The van der Waals surface area contributed by atoms with Gasteiger partial charge in [0.05, 0.1) is 11.7 Å². The Morgan fingerprint density at radius 1 is 1.56 bits per heavy atom. The van der Waals surface area contributed by atoms with E-state index in [1.807, 2.05) is 6.92 Å². The van der Waals surface area contributed by atoms with Gasteiger partial charge in [0.1, 0.15) is 5.82 Å². The van der Waals surface area contributed by atoms with Crippen molar-refractivity contribution in [3.63, 3.8) is 0 Å². The molecule has 0 radical (unpaired) electrons. The minimum atomic E-state index is -0.975. The molecule has 5 heteroatoms. The van der Waals surface area contributed by atoms with E-state index < -0.39 is 12.1 Å². The van der Waals surface area contributed by atoms with Crippen molar-refractivity contribution in [3.05, 3.63) is 23.4 Å². The van der Waals surface area contributed by atoms with E-state index in [0.29, 0.717) is 24.5 Å². The molecular formula is C11H16N2O3. The van der Waals surface area contributed by atoms with Crippen molar-refractivity contribution in [2.75, 3.05) is 11.9 Å². The number of anilines is 1. The highest BCUT2D eigenvalue weighted by Crippen LogP contribution is 2.11. The van der Waals surface area contributed by atoms with Gasteiger partial charge in [0.15, 0.2) is 0 Å². The Labute approximate surface area is 94.1 Å². The molecule has 0 aliphatic rings. The minimum absolute atomic E-state index is 0.208.